The summed E-state index contributed by atoms with van der Waals surface area (Å²) in [5.41, 5.74) is 10.7. The summed E-state index contributed by atoms with van der Waals surface area (Å²) in [5.74, 6) is 0. The van der Waals surface area contributed by atoms with Crippen molar-refractivity contribution in [3.8, 4) is 22.3 Å². The first-order valence-electron chi connectivity index (χ1n) is 8.58. The molecule has 3 rings (SSSR count). The van der Waals surface area contributed by atoms with Crippen molar-refractivity contribution in [1.82, 2.24) is 0 Å². The van der Waals surface area contributed by atoms with Gasteiger partial charge in [-0.25, -0.2) is 0 Å². The van der Waals surface area contributed by atoms with E-state index in [2.05, 4.69) is 95.3 Å². The molecule has 0 aliphatic rings. The van der Waals surface area contributed by atoms with Crippen molar-refractivity contribution in [3.05, 3.63) is 82.9 Å². The van der Waals surface area contributed by atoms with E-state index in [0.717, 1.165) is 18.5 Å². The maximum absolute atomic E-state index is 2.85. The van der Waals surface area contributed by atoms with Gasteiger partial charge in [-0.2, -0.15) is 0 Å². The van der Waals surface area contributed by atoms with Crippen LogP contribution in [0.5, 0.6) is 0 Å². The average molecular weight is 382 g/mol. The van der Waals surface area contributed by atoms with Crippen LogP contribution < -0.4 is 0 Å². The molecule has 3 heteroatoms. The normalized spacial score (nSPS) is 10.9. The maximum Gasteiger partial charge on any atom is -0.0125 e. The van der Waals surface area contributed by atoms with Crippen LogP contribution in [0.3, 0.4) is 0 Å². The van der Waals surface area contributed by atoms with Gasteiger partial charge in [0.15, 0.2) is 0 Å². The van der Waals surface area contributed by atoms with E-state index in [-0.39, 0.29) is 0 Å². The second-order valence-electron chi connectivity index (χ2n) is 6.32. The summed E-state index contributed by atoms with van der Waals surface area (Å²) in [6.07, 6.45) is 3.00. The summed E-state index contributed by atoms with van der Waals surface area (Å²) < 4.78 is 0. The maximum atomic E-state index is 2.85. The van der Waals surface area contributed by atoms with Crippen LogP contribution in [-0.2, 0) is 18.5 Å². The SMILES string of the molecule is Cc1ccc(-c2ccc(CP)cc2)cc1-c1ccc(CP)c(CP)c1. The van der Waals surface area contributed by atoms with E-state index in [1.807, 2.05) is 0 Å². The molecule has 3 aromatic carbocycles. The molecule has 0 nitrogen and oxygen atoms in total. The molecule has 0 spiro atoms. The Morgan fingerprint density at radius 3 is 1.88 bits per heavy atom. The van der Waals surface area contributed by atoms with Crippen LogP contribution in [0.1, 0.15) is 22.3 Å². The first-order chi connectivity index (χ1) is 12.2. The Morgan fingerprint density at radius 1 is 0.600 bits per heavy atom. The third kappa shape index (κ3) is 4.20. The Bertz CT molecular complexity index is 867. The van der Waals surface area contributed by atoms with Gasteiger partial charge in [0.1, 0.15) is 0 Å². The van der Waals surface area contributed by atoms with Gasteiger partial charge >= 0.3 is 0 Å². The lowest BCUT2D eigenvalue weighted by atomic mass is 9.93. The predicted molar refractivity (Wildman–Crippen MR) is 122 cm³/mol. The smallest absolute Gasteiger partial charge is 0.0125 e. The van der Waals surface area contributed by atoms with Crippen molar-refractivity contribution in [2.45, 2.75) is 25.4 Å². The second kappa shape index (κ2) is 8.56. The summed E-state index contributed by atoms with van der Waals surface area (Å²) in [7, 11) is 8.47. The highest BCUT2D eigenvalue weighted by Gasteiger charge is 2.08. The van der Waals surface area contributed by atoms with Crippen molar-refractivity contribution >= 4 is 27.7 Å². The third-order valence-electron chi connectivity index (χ3n) is 4.72. The number of hydrogen-bond acceptors (Lipinski definition) is 0. The Hall–Kier alpha value is -1.05. The van der Waals surface area contributed by atoms with Crippen molar-refractivity contribution in [1.29, 1.82) is 0 Å². The van der Waals surface area contributed by atoms with E-state index in [4.69, 9.17) is 0 Å². The summed E-state index contributed by atoms with van der Waals surface area (Å²) in [6, 6.07) is 22.5. The second-order valence-corrected chi connectivity index (χ2v) is 7.55. The topological polar surface area (TPSA) is 0 Å². The van der Waals surface area contributed by atoms with Crippen molar-refractivity contribution < 1.29 is 0 Å². The monoisotopic (exact) mass is 382 g/mol. The molecule has 0 heterocycles. The fourth-order valence-corrected chi connectivity index (χ4v) is 4.18. The number of hydrogen-bond donors (Lipinski definition) is 0. The highest BCUT2D eigenvalue weighted by molar-refractivity contribution is 7.16. The van der Waals surface area contributed by atoms with Crippen LogP contribution in [0.25, 0.3) is 22.3 Å². The molecule has 0 saturated carbocycles. The Morgan fingerprint density at radius 2 is 1.24 bits per heavy atom. The van der Waals surface area contributed by atoms with Crippen LogP contribution in [0.2, 0.25) is 0 Å². The van der Waals surface area contributed by atoms with Crippen LogP contribution in [0.4, 0.5) is 0 Å². The largest absolute Gasteiger partial charge is 0.133 e. The number of aryl methyl sites for hydroxylation is 1. The Balaban J connectivity index is 2.04. The van der Waals surface area contributed by atoms with Crippen LogP contribution >= 0.6 is 27.7 Å². The zero-order chi connectivity index (χ0) is 17.8. The average Bonchev–Trinajstić information content (AvgIpc) is 2.68. The fraction of sp³-hybridized carbons (Fsp3) is 0.182. The quantitative estimate of drug-likeness (QED) is 0.445. The Labute approximate surface area is 158 Å². The molecule has 0 aliphatic heterocycles. The van der Waals surface area contributed by atoms with E-state index >= 15 is 0 Å². The summed E-state index contributed by atoms with van der Waals surface area (Å²) in [6.45, 7) is 2.19. The van der Waals surface area contributed by atoms with Gasteiger partial charge in [0, 0.05) is 0 Å². The molecule has 0 amide bonds. The molecule has 0 saturated heterocycles. The molecule has 128 valence electrons. The van der Waals surface area contributed by atoms with Gasteiger partial charge in [-0.15, -0.1) is 27.7 Å². The van der Waals surface area contributed by atoms with Crippen LogP contribution in [0, 0.1) is 6.92 Å². The molecule has 0 aromatic heterocycles. The van der Waals surface area contributed by atoms with Gasteiger partial charge in [-0.1, -0.05) is 54.6 Å². The van der Waals surface area contributed by atoms with Gasteiger partial charge in [0.05, 0.1) is 0 Å². The van der Waals surface area contributed by atoms with Crippen LogP contribution in [0.15, 0.2) is 60.7 Å². The zero-order valence-electron chi connectivity index (χ0n) is 14.6. The zero-order valence-corrected chi connectivity index (χ0v) is 18.1. The summed E-state index contributed by atoms with van der Waals surface area (Å²) in [4.78, 5) is 0. The van der Waals surface area contributed by atoms with Crippen molar-refractivity contribution in [3.63, 3.8) is 0 Å². The predicted octanol–water partition coefficient (Wildman–Crippen LogP) is 6.45. The lowest BCUT2D eigenvalue weighted by Gasteiger charge is -2.13. The number of benzene rings is 3. The molecule has 0 fully saturated rings. The van der Waals surface area contributed by atoms with E-state index in [1.54, 1.807) is 0 Å². The van der Waals surface area contributed by atoms with Gasteiger partial charge in [-0.3, -0.25) is 0 Å². The van der Waals surface area contributed by atoms with E-state index in [9.17, 15) is 0 Å². The Kier molecular flexibility index (Phi) is 6.41. The molecular weight excluding hydrogens is 357 g/mol. The first kappa shape index (κ1) is 18.7. The third-order valence-corrected chi connectivity index (χ3v) is 6.07. The minimum Gasteiger partial charge on any atom is -0.133 e. The van der Waals surface area contributed by atoms with Crippen molar-refractivity contribution in [2.75, 3.05) is 0 Å². The highest BCUT2D eigenvalue weighted by atomic mass is 31.0. The lowest BCUT2D eigenvalue weighted by molar-refractivity contribution is 1.28. The molecule has 0 N–H and O–H groups in total. The molecular formula is C22H25P3. The molecule has 3 unspecified atom stereocenters. The van der Waals surface area contributed by atoms with Gasteiger partial charge in [0.25, 0.3) is 0 Å². The van der Waals surface area contributed by atoms with Crippen molar-refractivity contribution in [2.24, 2.45) is 0 Å². The molecule has 0 bridgehead atoms. The standard InChI is InChI=1S/C22H25P3/c1-15-2-5-18(17-6-3-16(12-23)4-7-17)11-22(15)19-8-9-20(13-24)21(10-19)14-25/h2-11H,12-14,23-25H2,1H3. The van der Waals surface area contributed by atoms with E-state index in [0.29, 0.717) is 0 Å². The minimum absolute atomic E-state index is 0.993. The molecule has 3 aromatic rings. The molecule has 25 heavy (non-hydrogen) atoms. The molecule has 0 aliphatic carbocycles. The highest BCUT2D eigenvalue weighted by Crippen LogP contribution is 2.31. The lowest BCUT2D eigenvalue weighted by Crippen LogP contribution is -1.91. The first-order valence-corrected chi connectivity index (χ1v) is 11.0. The molecule has 0 radical (unpaired) electrons. The summed E-state index contributed by atoms with van der Waals surface area (Å²) in [5, 5.41) is 0. The van der Waals surface area contributed by atoms with Gasteiger partial charge in [0.2, 0.25) is 0 Å². The minimum atomic E-state index is 0.993. The number of rotatable bonds is 5. The molecule has 3 atom stereocenters. The van der Waals surface area contributed by atoms with E-state index < -0.39 is 0 Å². The fourth-order valence-electron chi connectivity index (χ4n) is 3.13. The van der Waals surface area contributed by atoms with Gasteiger partial charge in [-0.05, 0) is 76.0 Å². The summed E-state index contributed by atoms with van der Waals surface area (Å²) >= 11 is 0. The van der Waals surface area contributed by atoms with Gasteiger partial charge < -0.3 is 0 Å². The van der Waals surface area contributed by atoms with Crippen LogP contribution in [-0.4, -0.2) is 0 Å². The van der Waals surface area contributed by atoms with E-state index in [1.165, 1.54) is 44.5 Å².